The minimum atomic E-state index is 0.302. The molecule has 1 atom stereocenters. The van der Waals surface area contributed by atoms with Crippen LogP contribution in [-0.2, 0) is 0 Å². The molecule has 0 saturated carbocycles. The van der Waals surface area contributed by atoms with Crippen LogP contribution in [0.3, 0.4) is 0 Å². The molecule has 1 aromatic heterocycles. The monoisotopic (exact) mass is 221 g/mol. The first-order valence-electron chi connectivity index (χ1n) is 5.01. The van der Waals surface area contributed by atoms with Gasteiger partial charge in [0.1, 0.15) is 0 Å². The maximum atomic E-state index is 8.65. The van der Waals surface area contributed by atoms with Crippen molar-refractivity contribution in [1.29, 1.82) is 5.26 Å². The summed E-state index contributed by atoms with van der Waals surface area (Å²) in [6.45, 7) is 6.01. The molecule has 0 aromatic carbocycles. The summed E-state index contributed by atoms with van der Waals surface area (Å²) in [5, 5.41) is 9.74. The number of rotatable bonds is 4. The number of aryl methyl sites for hydroxylation is 2. The molecule has 0 aliphatic carbocycles. The Hall–Kier alpha value is -1.08. The van der Waals surface area contributed by atoms with Gasteiger partial charge in [-0.1, -0.05) is 18.7 Å². The summed E-state index contributed by atoms with van der Waals surface area (Å²) in [6.07, 6.45) is 1.52. The van der Waals surface area contributed by atoms with Gasteiger partial charge in [-0.15, -0.1) is 0 Å². The fraction of sp³-hybridized carbons (Fsp3) is 0.545. The van der Waals surface area contributed by atoms with Gasteiger partial charge >= 0.3 is 0 Å². The summed E-state index contributed by atoms with van der Waals surface area (Å²) in [4.78, 5) is 8.69. The summed E-state index contributed by atoms with van der Waals surface area (Å²) in [6, 6.07) is 4.15. The molecule has 0 bridgehead atoms. The van der Waals surface area contributed by atoms with Crippen molar-refractivity contribution in [3.05, 3.63) is 17.5 Å². The molecule has 1 heterocycles. The molecule has 1 rings (SSSR count). The zero-order valence-corrected chi connectivity index (χ0v) is 10.1. The van der Waals surface area contributed by atoms with Crippen LogP contribution in [0.5, 0.6) is 0 Å². The van der Waals surface area contributed by atoms with E-state index in [1.165, 1.54) is 0 Å². The molecule has 1 unspecified atom stereocenters. The molecule has 0 spiro atoms. The van der Waals surface area contributed by atoms with E-state index in [4.69, 9.17) is 5.26 Å². The number of thioether (sulfide) groups is 1. The molecule has 0 aliphatic rings. The van der Waals surface area contributed by atoms with Gasteiger partial charge in [0, 0.05) is 23.1 Å². The standard InChI is InChI=1S/C11H15N3S/c1-4-10(5-6-12)15-11-13-8(2)7-9(3)14-11/h7,10H,4-5H2,1-3H3. The van der Waals surface area contributed by atoms with Crippen LogP contribution >= 0.6 is 11.8 Å². The Morgan fingerprint density at radius 1 is 1.40 bits per heavy atom. The van der Waals surface area contributed by atoms with Gasteiger partial charge in [-0.2, -0.15) is 5.26 Å². The first-order valence-corrected chi connectivity index (χ1v) is 5.89. The first-order chi connectivity index (χ1) is 7.15. The van der Waals surface area contributed by atoms with E-state index in [-0.39, 0.29) is 0 Å². The zero-order valence-electron chi connectivity index (χ0n) is 9.32. The van der Waals surface area contributed by atoms with E-state index in [0.29, 0.717) is 11.7 Å². The first kappa shape index (κ1) is 12.0. The minimum absolute atomic E-state index is 0.302. The molecule has 0 N–H and O–H groups in total. The van der Waals surface area contributed by atoms with Gasteiger partial charge in [0.25, 0.3) is 0 Å². The van der Waals surface area contributed by atoms with E-state index < -0.39 is 0 Å². The topological polar surface area (TPSA) is 49.6 Å². The smallest absolute Gasteiger partial charge is 0.188 e. The van der Waals surface area contributed by atoms with Crippen LogP contribution in [0.2, 0.25) is 0 Å². The maximum Gasteiger partial charge on any atom is 0.188 e. The van der Waals surface area contributed by atoms with Crippen LogP contribution in [0.1, 0.15) is 31.2 Å². The van der Waals surface area contributed by atoms with Gasteiger partial charge in [-0.05, 0) is 26.3 Å². The van der Waals surface area contributed by atoms with Crippen LogP contribution in [0.15, 0.2) is 11.2 Å². The van der Waals surface area contributed by atoms with Crippen LogP contribution in [0.4, 0.5) is 0 Å². The van der Waals surface area contributed by atoms with Gasteiger partial charge in [-0.25, -0.2) is 9.97 Å². The van der Waals surface area contributed by atoms with Crippen molar-refractivity contribution in [3.8, 4) is 6.07 Å². The third kappa shape index (κ3) is 3.88. The molecule has 1 aromatic rings. The third-order valence-electron chi connectivity index (χ3n) is 2.01. The van der Waals surface area contributed by atoms with Crippen molar-refractivity contribution >= 4 is 11.8 Å². The van der Waals surface area contributed by atoms with Crippen LogP contribution in [0.25, 0.3) is 0 Å². The highest BCUT2D eigenvalue weighted by Gasteiger charge is 2.10. The summed E-state index contributed by atoms with van der Waals surface area (Å²) >= 11 is 1.60. The molecule has 0 saturated heterocycles. The molecule has 0 fully saturated rings. The second kappa shape index (κ2) is 5.72. The second-order valence-electron chi connectivity index (χ2n) is 3.44. The lowest BCUT2D eigenvalue weighted by molar-refractivity contribution is 0.824. The van der Waals surface area contributed by atoms with Gasteiger partial charge in [0.2, 0.25) is 0 Å². The van der Waals surface area contributed by atoms with Crippen molar-refractivity contribution in [3.63, 3.8) is 0 Å². The number of aromatic nitrogens is 2. The number of hydrogen-bond donors (Lipinski definition) is 0. The molecule has 80 valence electrons. The highest BCUT2D eigenvalue weighted by atomic mass is 32.2. The molecular formula is C11H15N3S. The van der Waals surface area contributed by atoms with E-state index in [0.717, 1.165) is 23.0 Å². The highest BCUT2D eigenvalue weighted by molar-refractivity contribution is 7.99. The molecule has 15 heavy (non-hydrogen) atoms. The predicted octanol–water partition coefficient (Wildman–Crippen LogP) is 2.88. The lowest BCUT2D eigenvalue weighted by Crippen LogP contribution is -2.02. The van der Waals surface area contributed by atoms with Gasteiger partial charge in [-0.3, -0.25) is 0 Å². The van der Waals surface area contributed by atoms with E-state index >= 15 is 0 Å². The average molecular weight is 221 g/mol. The van der Waals surface area contributed by atoms with Gasteiger partial charge in [0.05, 0.1) is 6.07 Å². The SMILES string of the molecule is CCC(CC#N)Sc1nc(C)cc(C)n1. The summed E-state index contributed by atoms with van der Waals surface area (Å²) in [7, 11) is 0. The Bertz CT molecular complexity index is 350. The Morgan fingerprint density at radius 3 is 2.47 bits per heavy atom. The molecule has 0 amide bonds. The third-order valence-corrected chi connectivity index (χ3v) is 3.23. The number of hydrogen-bond acceptors (Lipinski definition) is 4. The minimum Gasteiger partial charge on any atom is -0.228 e. The van der Waals surface area contributed by atoms with E-state index in [1.54, 1.807) is 11.8 Å². The lowest BCUT2D eigenvalue weighted by atomic mass is 10.3. The van der Waals surface area contributed by atoms with Gasteiger partial charge < -0.3 is 0 Å². The largest absolute Gasteiger partial charge is 0.228 e. The van der Waals surface area contributed by atoms with Crippen molar-refractivity contribution in [2.75, 3.05) is 0 Å². The molecular weight excluding hydrogens is 206 g/mol. The maximum absolute atomic E-state index is 8.65. The Kier molecular flexibility index (Phi) is 4.57. The normalized spacial score (nSPS) is 12.1. The Labute approximate surface area is 94.9 Å². The van der Waals surface area contributed by atoms with Gasteiger partial charge in [0.15, 0.2) is 5.16 Å². The number of nitrogens with zero attached hydrogens (tertiary/aromatic N) is 3. The second-order valence-corrected chi connectivity index (χ2v) is 4.71. The predicted molar refractivity (Wildman–Crippen MR) is 61.7 cm³/mol. The van der Waals surface area contributed by atoms with Crippen LogP contribution in [-0.4, -0.2) is 15.2 Å². The van der Waals surface area contributed by atoms with Crippen molar-refractivity contribution in [2.24, 2.45) is 0 Å². The lowest BCUT2D eigenvalue weighted by Gasteiger charge is -2.09. The summed E-state index contributed by atoms with van der Waals surface area (Å²) < 4.78 is 0. The zero-order chi connectivity index (χ0) is 11.3. The van der Waals surface area contributed by atoms with E-state index in [1.807, 2.05) is 19.9 Å². The highest BCUT2D eigenvalue weighted by Crippen LogP contribution is 2.24. The Balaban J connectivity index is 2.75. The molecule has 4 heteroatoms. The van der Waals surface area contributed by atoms with Crippen molar-refractivity contribution in [2.45, 2.75) is 44.0 Å². The van der Waals surface area contributed by atoms with Crippen LogP contribution in [0, 0.1) is 25.2 Å². The van der Waals surface area contributed by atoms with Crippen molar-refractivity contribution in [1.82, 2.24) is 9.97 Å². The van der Waals surface area contributed by atoms with E-state index in [9.17, 15) is 0 Å². The summed E-state index contributed by atoms with van der Waals surface area (Å²) in [5.41, 5.74) is 1.97. The van der Waals surface area contributed by atoms with Crippen LogP contribution < -0.4 is 0 Å². The fourth-order valence-corrected chi connectivity index (χ4v) is 2.28. The average Bonchev–Trinajstić information content (AvgIpc) is 2.15. The molecule has 3 nitrogen and oxygen atoms in total. The fourth-order valence-electron chi connectivity index (χ4n) is 1.27. The number of nitriles is 1. The van der Waals surface area contributed by atoms with Crippen molar-refractivity contribution < 1.29 is 0 Å². The van der Waals surface area contributed by atoms with E-state index in [2.05, 4.69) is 23.0 Å². The summed E-state index contributed by atoms with van der Waals surface area (Å²) in [5.74, 6) is 0. The molecule has 0 radical (unpaired) electrons. The molecule has 0 aliphatic heterocycles. The Morgan fingerprint density at radius 2 is 2.00 bits per heavy atom. The quantitative estimate of drug-likeness (QED) is 0.579.